The third-order valence-corrected chi connectivity index (χ3v) is 4.84. The Bertz CT molecular complexity index is 983. The SMILES string of the molecule is CCOC(=O)c1ccc(NC(=S)NNC(=O)c2csc3ccccc23)cc1. The molecule has 3 aromatic rings. The maximum absolute atomic E-state index is 12.4. The smallest absolute Gasteiger partial charge is 0.338 e. The van der Waals surface area contributed by atoms with Crippen LogP contribution in [0, 0.1) is 0 Å². The van der Waals surface area contributed by atoms with Gasteiger partial charge in [0.25, 0.3) is 5.91 Å². The number of hydrazine groups is 1. The first-order valence-corrected chi connectivity index (χ1v) is 9.48. The number of benzene rings is 2. The fourth-order valence-electron chi connectivity index (χ4n) is 2.40. The van der Waals surface area contributed by atoms with Crippen LogP contribution in [0.4, 0.5) is 5.69 Å². The number of carbonyl (C=O) groups is 2. The van der Waals surface area contributed by atoms with Crippen LogP contribution in [0.3, 0.4) is 0 Å². The van der Waals surface area contributed by atoms with Gasteiger partial charge in [0.05, 0.1) is 17.7 Å². The molecule has 3 N–H and O–H groups in total. The first-order chi connectivity index (χ1) is 13.1. The van der Waals surface area contributed by atoms with Gasteiger partial charge in [-0.15, -0.1) is 11.3 Å². The third-order valence-electron chi connectivity index (χ3n) is 3.67. The molecule has 0 unspecified atom stereocenters. The van der Waals surface area contributed by atoms with Crippen LogP contribution in [-0.2, 0) is 4.74 Å². The zero-order valence-corrected chi connectivity index (χ0v) is 16.1. The van der Waals surface area contributed by atoms with Crippen LogP contribution in [0.15, 0.2) is 53.9 Å². The van der Waals surface area contributed by atoms with Gasteiger partial charge >= 0.3 is 5.97 Å². The van der Waals surface area contributed by atoms with Crippen molar-refractivity contribution in [1.29, 1.82) is 0 Å². The molecule has 3 rings (SSSR count). The van der Waals surface area contributed by atoms with Gasteiger partial charge in [-0.25, -0.2) is 4.79 Å². The monoisotopic (exact) mass is 399 g/mol. The molecule has 27 heavy (non-hydrogen) atoms. The van der Waals surface area contributed by atoms with Crippen molar-refractivity contribution in [1.82, 2.24) is 10.9 Å². The minimum atomic E-state index is -0.375. The molecular weight excluding hydrogens is 382 g/mol. The number of hydrogen-bond donors (Lipinski definition) is 3. The number of thiocarbonyl (C=S) groups is 1. The summed E-state index contributed by atoms with van der Waals surface area (Å²) in [6, 6.07) is 14.4. The Morgan fingerprint density at radius 2 is 1.81 bits per heavy atom. The second-order valence-electron chi connectivity index (χ2n) is 5.48. The van der Waals surface area contributed by atoms with Gasteiger partial charge in [0, 0.05) is 21.2 Å². The van der Waals surface area contributed by atoms with Crippen LogP contribution in [-0.4, -0.2) is 23.6 Å². The molecule has 0 saturated carbocycles. The van der Waals surface area contributed by atoms with E-state index in [9.17, 15) is 9.59 Å². The van der Waals surface area contributed by atoms with E-state index in [2.05, 4.69) is 16.2 Å². The minimum absolute atomic E-state index is 0.228. The first-order valence-electron chi connectivity index (χ1n) is 8.19. The van der Waals surface area contributed by atoms with Gasteiger partial charge in [-0.05, 0) is 49.5 Å². The standard InChI is InChI=1S/C19H17N3O3S2/c1-2-25-18(24)12-7-9-13(10-8-12)20-19(26)22-21-17(23)15-11-27-16-6-4-3-5-14(15)16/h3-11H,2H2,1H3,(H,21,23)(H2,20,22,26). The average molecular weight is 399 g/mol. The zero-order chi connectivity index (χ0) is 19.2. The van der Waals surface area contributed by atoms with Crippen LogP contribution < -0.4 is 16.2 Å². The van der Waals surface area contributed by atoms with Gasteiger partial charge in [-0.1, -0.05) is 18.2 Å². The number of amides is 1. The lowest BCUT2D eigenvalue weighted by Crippen LogP contribution is -2.43. The highest BCUT2D eigenvalue weighted by atomic mass is 32.1. The van der Waals surface area contributed by atoms with Crippen LogP contribution in [0.25, 0.3) is 10.1 Å². The van der Waals surface area contributed by atoms with Gasteiger partial charge in [0.2, 0.25) is 0 Å². The Balaban J connectivity index is 1.55. The normalized spacial score (nSPS) is 10.3. The zero-order valence-electron chi connectivity index (χ0n) is 14.4. The lowest BCUT2D eigenvalue weighted by molar-refractivity contribution is 0.0526. The summed E-state index contributed by atoms with van der Waals surface area (Å²) in [5.41, 5.74) is 6.98. The number of thiophene rings is 1. The third kappa shape index (κ3) is 4.60. The highest BCUT2D eigenvalue weighted by Crippen LogP contribution is 2.25. The first kappa shape index (κ1) is 18.8. The summed E-state index contributed by atoms with van der Waals surface area (Å²) in [6.45, 7) is 2.08. The average Bonchev–Trinajstić information content (AvgIpc) is 3.11. The van der Waals surface area contributed by atoms with Crippen LogP contribution >= 0.6 is 23.6 Å². The molecule has 1 amide bonds. The largest absolute Gasteiger partial charge is 0.462 e. The molecule has 2 aromatic carbocycles. The number of fused-ring (bicyclic) bond motifs is 1. The molecule has 1 aromatic heterocycles. The highest BCUT2D eigenvalue weighted by molar-refractivity contribution is 7.80. The van der Waals surface area contributed by atoms with Crippen molar-refractivity contribution in [2.24, 2.45) is 0 Å². The molecule has 0 saturated heterocycles. The molecule has 6 nitrogen and oxygen atoms in total. The molecule has 0 spiro atoms. The fourth-order valence-corrected chi connectivity index (χ4v) is 3.51. The summed E-state index contributed by atoms with van der Waals surface area (Å²) in [5, 5.41) is 5.87. The van der Waals surface area contributed by atoms with Crippen molar-refractivity contribution < 1.29 is 14.3 Å². The number of esters is 1. The fraction of sp³-hybridized carbons (Fsp3) is 0.105. The second-order valence-corrected chi connectivity index (χ2v) is 6.80. The van der Waals surface area contributed by atoms with Crippen molar-refractivity contribution >= 4 is 56.3 Å². The Hall–Kier alpha value is -2.97. The maximum Gasteiger partial charge on any atom is 0.338 e. The summed E-state index contributed by atoms with van der Waals surface area (Å²) in [4.78, 5) is 24.0. The molecule has 0 aliphatic heterocycles. The maximum atomic E-state index is 12.4. The Morgan fingerprint density at radius 1 is 1.07 bits per heavy atom. The second kappa shape index (κ2) is 8.61. The highest BCUT2D eigenvalue weighted by Gasteiger charge is 2.12. The van der Waals surface area contributed by atoms with Gasteiger partial charge in [0.15, 0.2) is 5.11 Å². The number of anilines is 1. The summed E-state index contributed by atoms with van der Waals surface area (Å²) in [7, 11) is 0. The number of ether oxygens (including phenoxy) is 1. The van der Waals surface area contributed by atoms with Crippen molar-refractivity contribution in [2.45, 2.75) is 6.92 Å². The quantitative estimate of drug-likeness (QED) is 0.353. The lowest BCUT2D eigenvalue weighted by atomic mass is 10.2. The van der Waals surface area contributed by atoms with E-state index in [-0.39, 0.29) is 17.0 Å². The Labute approximate surface area is 165 Å². The molecule has 0 aliphatic rings. The van der Waals surface area contributed by atoms with E-state index in [1.807, 2.05) is 29.6 Å². The predicted octanol–water partition coefficient (Wildman–Crippen LogP) is 3.71. The van der Waals surface area contributed by atoms with Crippen LogP contribution in [0.1, 0.15) is 27.6 Å². The molecule has 138 valence electrons. The van der Waals surface area contributed by atoms with Gasteiger partial charge in [0.1, 0.15) is 0 Å². The van der Waals surface area contributed by atoms with E-state index in [1.54, 1.807) is 31.2 Å². The van der Waals surface area contributed by atoms with Crippen molar-refractivity contribution in [3.63, 3.8) is 0 Å². The number of carbonyl (C=O) groups excluding carboxylic acids is 2. The Morgan fingerprint density at radius 3 is 2.56 bits per heavy atom. The van der Waals surface area contributed by atoms with Crippen LogP contribution in [0.5, 0.6) is 0 Å². The van der Waals surface area contributed by atoms with Crippen molar-refractivity contribution in [2.75, 3.05) is 11.9 Å². The van der Waals surface area contributed by atoms with E-state index in [0.29, 0.717) is 23.4 Å². The van der Waals surface area contributed by atoms with Gasteiger partial charge < -0.3 is 10.1 Å². The Kier molecular flexibility index (Phi) is 6.00. The molecule has 0 aliphatic carbocycles. The van der Waals surface area contributed by atoms with Crippen molar-refractivity contribution in [3.05, 3.63) is 65.0 Å². The topological polar surface area (TPSA) is 79.5 Å². The summed E-state index contributed by atoms with van der Waals surface area (Å²) in [5.74, 6) is -0.644. The summed E-state index contributed by atoms with van der Waals surface area (Å²) < 4.78 is 5.98. The number of hydrogen-bond acceptors (Lipinski definition) is 5. The molecular formula is C19H17N3O3S2. The number of nitrogens with one attached hydrogen (secondary N) is 3. The predicted molar refractivity (Wildman–Crippen MR) is 111 cm³/mol. The lowest BCUT2D eigenvalue weighted by Gasteiger charge is -2.11. The summed E-state index contributed by atoms with van der Waals surface area (Å²) >= 11 is 6.69. The summed E-state index contributed by atoms with van der Waals surface area (Å²) in [6.07, 6.45) is 0. The minimum Gasteiger partial charge on any atom is -0.462 e. The van der Waals surface area contributed by atoms with Gasteiger partial charge in [-0.2, -0.15) is 0 Å². The molecule has 0 radical (unpaired) electrons. The molecule has 8 heteroatoms. The van der Waals surface area contributed by atoms with E-state index in [0.717, 1.165) is 10.1 Å². The van der Waals surface area contributed by atoms with Gasteiger partial charge in [-0.3, -0.25) is 15.6 Å². The molecule has 0 atom stereocenters. The van der Waals surface area contributed by atoms with E-state index in [4.69, 9.17) is 17.0 Å². The van der Waals surface area contributed by atoms with E-state index >= 15 is 0 Å². The van der Waals surface area contributed by atoms with E-state index < -0.39 is 0 Å². The number of rotatable bonds is 4. The molecule has 0 bridgehead atoms. The van der Waals surface area contributed by atoms with Crippen LogP contribution in [0.2, 0.25) is 0 Å². The van der Waals surface area contributed by atoms with Crippen molar-refractivity contribution in [3.8, 4) is 0 Å². The molecule has 1 heterocycles. The van der Waals surface area contributed by atoms with E-state index in [1.165, 1.54) is 11.3 Å². The molecule has 0 fully saturated rings.